The van der Waals surface area contributed by atoms with Gasteiger partial charge < -0.3 is 9.64 Å². The summed E-state index contributed by atoms with van der Waals surface area (Å²) < 4.78 is 46.0. The highest BCUT2D eigenvalue weighted by molar-refractivity contribution is 6.07. The number of nitrogens with zero attached hydrogens (tertiary/aromatic N) is 5. The number of benzene rings is 2. The van der Waals surface area contributed by atoms with E-state index in [1.165, 1.54) is 23.1 Å². The first-order valence-electron chi connectivity index (χ1n) is 10.1. The Labute approximate surface area is 186 Å². The number of anilines is 1. The van der Waals surface area contributed by atoms with Gasteiger partial charge in [0.25, 0.3) is 5.91 Å². The Morgan fingerprint density at radius 2 is 1.91 bits per heavy atom. The molecule has 0 bridgehead atoms. The van der Waals surface area contributed by atoms with Crippen molar-refractivity contribution in [2.24, 2.45) is 7.05 Å². The van der Waals surface area contributed by atoms with Gasteiger partial charge in [0, 0.05) is 29.9 Å². The zero-order chi connectivity index (χ0) is 23.3. The van der Waals surface area contributed by atoms with Crippen LogP contribution in [0.25, 0.3) is 22.3 Å². The van der Waals surface area contributed by atoms with Crippen LogP contribution in [0.3, 0.4) is 0 Å². The van der Waals surface area contributed by atoms with Gasteiger partial charge in [0.2, 0.25) is 0 Å². The van der Waals surface area contributed by atoms with E-state index in [1.807, 2.05) is 19.1 Å². The highest BCUT2D eigenvalue weighted by Crippen LogP contribution is 2.33. The van der Waals surface area contributed by atoms with Crippen LogP contribution in [0.1, 0.15) is 21.6 Å². The number of alkyl halides is 3. The molecule has 0 atom stereocenters. The largest absolute Gasteiger partial charge is 0.488 e. The maximum atomic E-state index is 13.2. The SMILES string of the molecule is Cc1cc(-c2ncc3cc(C(F)(F)F)ccc3n2)ccc1N1CCOc2cnn(C)c2C1=O. The molecular formula is C23H18F3N5O2. The van der Waals surface area contributed by atoms with Crippen molar-refractivity contribution in [1.82, 2.24) is 19.7 Å². The number of aryl methyl sites for hydroxylation is 2. The van der Waals surface area contributed by atoms with Crippen molar-refractivity contribution in [3.8, 4) is 17.1 Å². The second kappa shape index (κ2) is 7.58. The van der Waals surface area contributed by atoms with Crippen LogP contribution in [-0.4, -0.2) is 38.8 Å². The van der Waals surface area contributed by atoms with Crippen LogP contribution in [0.15, 0.2) is 48.8 Å². The summed E-state index contributed by atoms with van der Waals surface area (Å²) in [6.45, 7) is 2.58. The number of ether oxygens (including phenoxy) is 1. The van der Waals surface area contributed by atoms with Crippen molar-refractivity contribution in [3.63, 3.8) is 0 Å². The monoisotopic (exact) mass is 453 g/mol. The molecule has 0 unspecified atom stereocenters. The fraction of sp³-hybridized carbons (Fsp3) is 0.217. The van der Waals surface area contributed by atoms with Gasteiger partial charge in [-0.1, -0.05) is 0 Å². The average Bonchev–Trinajstić information content (AvgIpc) is 3.06. The normalized spacial score (nSPS) is 14.2. The lowest BCUT2D eigenvalue weighted by Gasteiger charge is -2.22. The predicted molar refractivity (Wildman–Crippen MR) is 115 cm³/mol. The summed E-state index contributed by atoms with van der Waals surface area (Å²) in [6, 6.07) is 8.83. The molecule has 4 aromatic rings. The minimum atomic E-state index is -4.42. The number of amides is 1. The molecule has 2 aromatic heterocycles. The molecule has 1 aliphatic heterocycles. The van der Waals surface area contributed by atoms with Crippen molar-refractivity contribution in [2.45, 2.75) is 13.1 Å². The van der Waals surface area contributed by atoms with Gasteiger partial charge in [0.05, 0.1) is 23.8 Å². The lowest BCUT2D eigenvalue weighted by atomic mass is 10.1. The Hall–Kier alpha value is -3.95. The summed E-state index contributed by atoms with van der Waals surface area (Å²) in [5, 5.41) is 4.41. The minimum absolute atomic E-state index is 0.208. The predicted octanol–water partition coefficient (Wildman–Crippen LogP) is 4.40. The van der Waals surface area contributed by atoms with E-state index in [1.54, 1.807) is 18.0 Å². The molecule has 33 heavy (non-hydrogen) atoms. The topological polar surface area (TPSA) is 73.1 Å². The molecule has 0 aliphatic carbocycles. The number of hydrogen-bond donors (Lipinski definition) is 0. The van der Waals surface area contributed by atoms with E-state index >= 15 is 0 Å². The van der Waals surface area contributed by atoms with Crippen LogP contribution in [0, 0.1) is 6.92 Å². The van der Waals surface area contributed by atoms with Crippen molar-refractivity contribution in [3.05, 3.63) is 65.6 Å². The van der Waals surface area contributed by atoms with Crippen LogP contribution in [-0.2, 0) is 13.2 Å². The molecule has 3 heterocycles. The molecule has 1 amide bonds. The fourth-order valence-corrected chi connectivity index (χ4v) is 3.92. The summed E-state index contributed by atoms with van der Waals surface area (Å²) in [5.74, 6) is 0.634. The van der Waals surface area contributed by atoms with Crippen molar-refractivity contribution < 1.29 is 22.7 Å². The first kappa shape index (κ1) is 20.9. The summed E-state index contributed by atoms with van der Waals surface area (Å²) >= 11 is 0. The van der Waals surface area contributed by atoms with Gasteiger partial charge >= 0.3 is 6.18 Å². The highest BCUT2D eigenvalue weighted by atomic mass is 19.4. The molecule has 5 rings (SSSR count). The van der Waals surface area contributed by atoms with Crippen LogP contribution < -0.4 is 9.64 Å². The molecule has 10 heteroatoms. The second-order valence-corrected chi connectivity index (χ2v) is 7.75. The molecule has 0 saturated carbocycles. The van der Waals surface area contributed by atoms with Gasteiger partial charge in [-0.25, -0.2) is 9.97 Å². The van der Waals surface area contributed by atoms with Gasteiger partial charge in [-0.05, 0) is 48.9 Å². The molecule has 2 aromatic carbocycles. The molecule has 7 nitrogen and oxygen atoms in total. The van der Waals surface area contributed by atoms with E-state index in [4.69, 9.17) is 4.74 Å². The molecule has 168 valence electrons. The molecule has 1 aliphatic rings. The number of aromatic nitrogens is 4. The number of carbonyl (C=O) groups is 1. The van der Waals surface area contributed by atoms with E-state index in [0.717, 1.165) is 23.4 Å². The minimum Gasteiger partial charge on any atom is -0.488 e. The van der Waals surface area contributed by atoms with Gasteiger partial charge in [-0.3, -0.25) is 9.48 Å². The molecule has 0 saturated heterocycles. The number of fused-ring (bicyclic) bond motifs is 2. The summed E-state index contributed by atoms with van der Waals surface area (Å²) in [4.78, 5) is 23.5. The highest BCUT2D eigenvalue weighted by Gasteiger charge is 2.31. The first-order valence-corrected chi connectivity index (χ1v) is 10.1. The standard InChI is InChI=1S/C23H18F3N5O2/c1-13-9-14(21-27-11-15-10-16(23(24,25)26)4-5-17(15)29-21)3-6-18(13)31-7-8-33-19-12-28-30(2)20(19)22(31)32/h3-6,9-12H,7-8H2,1-2H3. The van der Waals surface area contributed by atoms with E-state index in [0.29, 0.717) is 46.9 Å². The van der Waals surface area contributed by atoms with Gasteiger partial charge in [-0.15, -0.1) is 0 Å². The Kier molecular flexibility index (Phi) is 4.80. The summed E-state index contributed by atoms with van der Waals surface area (Å²) in [5.41, 5.74) is 2.29. The van der Waals surface area contributed by atoms with E-state index in [9.17, 15) is 18.0 Å². The lowest BCUT2D eigenvalue weighted by molar-refractivity contribution is -0.137. The maximum Gasteiger partial charge on any atom is 0.416 e. The van der Waals surface area contributed by atoms with Crippen molar-refractivity contribution in [1.29, 1.82) is 0 Å². The van der Waals surface area contributed by atoms with Gasteiger partial charge in [0.1, 0.15) is 6.61 Å². The van der Waals surface area contributed by atoms with E-state index in [2.05, 4.69) is 15.1 Å². The third-order valence-electron chi connectivity index (χ3n) is 5.58. The fourth-order valence-electron chi connectivity index (χ4n) is 3.92. The van der Waals surface area contributed by atoms with Crippen LogP contribution >= 0.6 is 0 Å². The smallest absolute Gasteiger partial charge is 0.416 e. The van der Waals surface area contributed by atoms with Gasteiger partial charge in [-0.2, -0.15) is 18.3 Å². The Balaban J connectivity index is 1.48. The zero-order valence-corrected chi connectivity index (χ0v) is 17.7. The molecule has 0 fully saturated rings. The van der Waals surface area contributed by atoms with Crippen LogP contribution in [0.2, 0.25) is 0 Å². The second-order valence-electron chi connectivity index (χ2n) is 7.75. The van der Waals surface area contributed by atoms with Crippen LogP contribution in [0.5, 0.6) is 5.75 Å². The van der Waals surface area contributed by atoms with Crippen molar-refractivity contribution >= 4 is 22.5 Å². The summed E-state index contributed by atoms with van der Waals surface area (Å²) in [6.07, 6.45) is -1.51. The third-order valence-corrected chi connectivity index (χ3v) is 5.58. The summed E-state index contributed by atoms with van der Waals surface area (Å²) in [7, 11) is 1.69. The Morgan fingerprint density at radius 3 is 2.67 bits per heavy atom. The number of hydrogen-bond acceptors (Lipinski definition) is 5. The molecule has 0 radical (unpaired) electrons. The van der Waals surface area contributed by atoms with Crippen molar-refractivity contribution in [2.75, 3.05) is 18.1 Å². The number of carbonyl (C=O) groups excluding carboxylic acids is 1. The quantitative estimate of drug-likeness (QED) is 0.450. The van der Waals surface area contributed by atoms with E-state index in [-0.39, 0.29) is 5.91 Å². The average molecular weight is 453 g/mol. The lowest BCUT2D eigenvalue weighted by Crippen LogP contribution is -2.34. The first-order chi connectivity index (χ1) is 15.7. The van der Waals surface area contributed by atoms with Gasteiger partial charge in [0.15, 0.2) is 17.3 Å². The molecule has 0 spiro atoms. The number of halogens is 3. The number of rotatable bonds is 2. The maximum absolute atomic E-state index is 13.2. The molecular weight excluding hydrogens is 435 g/mol. The molecule has 0 N–H and O–H groups in total. The Bertz CT molecular complexity index is 1400. The Morgan fingerprint density at radius 1 is 1.09 bits per heavy atom. The zero-order valence-electron chi connectivity index (χ0n) is 17.7. The van der Waals surface area contributed by atoms with Crippen LogP contribution in [0.4, 0.5) is 18.9 Å². The van der Waals surface area contributed by atoms with E-state index < -0.39 is 11.7 Å². The third kappa shape index (κ3) is 3.67.